The summed E-state index contributed by atoms with van der Waals surface area (Å²) in [6.45, 7) is 1.65. The lowest BCUT2D eigenvalue weighted by Crippen LogP contribution is -2.36. The van der Waals surface area contributed by atoms with Crippen LogP contribution in [0.3, 0.4) is 0 Å². The molecule has 0 spiro atoms. The molecule has 2 aliphatic rings. The Balaban J connectivity index is 0.00000280. The molecule has 1 amide bonds. The number of carbonyl (C=O) groups is 1. The van der Waals surface area contributed by atoms with Crippen molar-refractivity contribution >= 4 is 34.0 Å². The van der Waals surface area contributed by atoms with E-state index in [1.165, 1.54) is 6.42 Å². The van der Waals surface area contributed by atoms with Gasteiger partial charge < -0.3 is 11.1 Å². The molecule has 0 radical (unpaired) electrons. The summed E-state index contributed by atoms with van der Waals surface area (Å²) in [6.07, 6.45) is 8.69. The molecule has 1 heterocycles. The summed E-state index contributed by atoms with van der Waals surface area (Å²) in [4.78, 5) is 12.8. The second-order valence-corrected chi connectivity index (χ2v) is 9.92. The van der Waals surface area contributed by atoms with Crippen molar-refractivity contribution in [2.45, 2.75) is 62.7 Å². The fourth-order valence-electron chi connectivity index (χ4n) is 4.29. The quantitative estimate of drug-likeness (QED) is 0.723. The van der Waals surface area contributed by atoms with E-state index in [4.69, 9.17) is 5.73 Å². The number of sulfonamides is 1. The van der Waals surface area contributed by atoms with Crippen molar-refractivity contribution in [2.75, 3.05) is 25.0 Å². The first-order valence-electron chi connectivity index (χ1n) is 10.1. The lowest BCUT2D eigenvalue weighted by atomic mass is 9.71. The Bertz CT molecular complexity index is 758. The average Bonchev–Trinajstić information content (AvgIpc) is 2.69. The van der Waals surface area contributed by atoms with Gasteiger partial charge in [0.2, 0.25) is 15.9 Å². The molecule has 1 aliphatic heterocycles. The minimum absolute atomic E-state index is 0. The van der Waals surface area contributed by atoms with Crippen LogP contribution in [0.5, 0.6) is 0 Å². The SMILES string of the molecule is Cl.NCC1(CC(=O)Nc2cccc(S(=O)(=O)N3CCCCC3)c2)CCCCC1. The molecule has 0 atom stereocenters. The molecule has 1 saturated carbocycles. The van der Waals surface area contributed by atoms with Gasteiger partial charge in [-0.15, -0.1) is 12.4 Å². The number of hydrogen-bond donors (Lipinski definition) is 2. The Morgan fingerprint density at radius 3 is 2.36 bits per heavy atom. The molecule has 0 aromatic heterocycles. The van der Waals surface area contributed by atoms with E-state index in [-0.39, 0.29) is 28.6 Å². The van der Waals surface area contributed by atoms with E-state index < -0.39 is 10.0 Å². The van der Waals surface area contributed by atoms with Crippen molar-refractivity contribution in [3.8, 4) is 0 Å². The van der Waals surface area contributed by atoms with E-state index in [9.17, 15) is 13.2 Å². The number of benzene rings is 1. The molecule has 3 N–H and O–H groups in total. The van der Waals surface area contributed by atoms with Crippen LogP contribution in [0.25, 0.3) is 0 Å². The van der Waals surface area contributed by atoms with Crippen LogP contribution in [0.1, 0.15) is 57.8 Å². The monoisotopic (exact) mass is 429 g/mol. The molecule has 2 fully saturated rings. The number of hydrogen-bond acceptors (Lipinski definition) is 4. The summed E-state index contributed by atoms with van der Waals surface area (Å²) in [5.41, 5.74) is 6.40. The van der Waals surface area contributed by atoms with Crippen LogP contribution in [0, 0.1) is 5.41 Å². The van der Waals surface area contributed by atoms with Crippen molar-refractivity contribution in [1.82, 2.24) is 4.31 Å². The Hall–Kier alpha value is -1.15. The molecule has 1 aliphatic carbocycles. The molecule has 28 heavy (non-hydrogen) atoms. The summed E-state index contributed by atoms with van der Waals surface area (Å²) in [7, 11) is -3.50. The Labute approximate surface area is 174 Å². The fraction of sp³-hybridized carbons (Fsp3) is 0.650. The maximum absolute atomic E-state index is 12.8. The highest BCUT2D eigenvalue weighted by Crippen LogP contribution is 2.38. The van der Waals surface area contributed by atoms with Crippen molar-refractivity contribution in [3.05, 3.63) is 24.3 Å². The van der Waals surface area contributed by atoms with Gasteiger partial charge in [-0.05, 0) is 55.8 Å². The van der Waals surface area contributed by atoms with E-state index in [0.29, 0.717) is 31.7 Å². The zero-order valence-electron chi connectivity index (χ0n) is 16.4. The maximum Gasteiger partial charge on any atom is 0.243 e. The molecule has 3 rings (SSSR count). The molecular formula is C20H32ClN3O3S. The number of anilines is 1. The molecular weight excluding hydrogens is 398 g/mol. The minimum atomic E-state index is -3.50. The lowest BCUT2D eigenvalue weighted by molar-refractivity contribution is -0.118. The molecule has 1 saturated heterocycles. The zero-order chi connectivity index (χ0) is 19.3. The van der Waals surface area contributed by atoms with Crippen LogP contribution < -0.4 is 11.1 Å². The molecule has 1 aromatic carbocycles. The van der Waals surface area contributed by atoms with Gasteiger partial charge in [0.25, 0.3) is 0 Å². The predicted octanol–water partition coefficient (Wildman–Crippen LogP) is 3.52. The third kappa shape index (κ3) is 5.47. The van der Waals surface area contributed by atoms with Crippen LogP contribution in [0.4, 0.5) is 5.69 Å². The first kappa shape index (κ1) is 23.1. The van der Waals surface area contributed by atoms with Gasteiger partial charge in [-0.1, -0.05) is 31.7 Å². The topological polar surface area (TPSA) is 92.5 Å². The maximum atomic E-state index is 12.8. The molecule has 6 nitrogen and oxygen atoms in total. The van der Waals surface area contributed by atoms with Gasteiger partial charge in [-0.2, -0.15) is 4.31 Å². The largest absolute Gasteiger partial charge is 0.330 e. The molecule has 0 unspecified atom stereocenters. The van der Waals surface area contributed by atoms with E-state index in [2.05, 4.69) is 5.32 Å². The normalized spacial score (nSPS) is 20.2. The number of amides is 1. The summed E-state index contributed by atoms with van der Waals surface area (Å²) < 4.78 is 27.2. The van der Waals surface area contributed by atoms with Crippen LogP contribution in [0.2, 0.25) is 0 Å². The van der Waals surface area contributed by atoms with Gasteiger partial charge in [0.1, 0.15) is 0 Å². The smallest absolute Gasteiger partial charge is 0.243 e. The first-order valence-corrected chi connectivity index (χ1v) is 11.5. The third-order valence-corrected chi connectivity index (χ3v) is 7.85. The van der Waals surface area contributed by atoms with Crippen LogP contribution in [-0.4, -0.2) is 38.3 Å². The molecule has 8 heteroatoms. The van der Waals surface area contributed by atoms with Crippen molar-refractivity contribution in [2.24, 2.45) is 11.1 Å². The number of nitrogens with zero attached hydrogens (tertiary/aromatic N) is 1. The van der Waals surface area contributed by atoms with Crippen LogP contribution >= 0.6 is 12.4 Å². The number of rotatable bonds is 6. The minimum Gasteiger partial charge on any atom is -0.330 e. The molecule has 1 aromatic rings. The van der Waals surface area contributed by atoms with Gasteiger partial charge in [-0.25, -0.2) is 8.42 Å². The van der Waals surface area contributed by atoms with Crippen LogP contribution in [0.15, 0.2) is 29.2 Å². The third-order valence-electron chi connectivity index (χ3n) is 5.95. The summed E-state index contributed by atoms with van der Waals surface area (Å²) >= 11 is 0. The fourth-order valence-corrected chi connectivity index (χ4v) is 5.85. The Morgan fingerprint density at radius 1 is 1.07 bits per heavy atom. The van der Waals surface area contributed by atoms with E-state index in [0.717, 1.165) is 44.9 Å². The van der Waals surface area contributed by atoms with E-state index in [1.807, 2.05) is 0 Å². The number of nitrogens with two attached hydrogens (primary N) is 1. The van der Waals surface area contributed by atoms with Gasteiger partial charge in [0.05, 0.1) is 4.90 Å². The molecule has 0 bridgehead atoms. The second kappa shape index (κ2) is 10.1. The number of halogens is 1. The van der Waals surface area contributed by atoms with E-state index >= 15 is 0 Å². The first-order chi connectivity index (χ1) is 13.0. The van der Waals surface area contributed by atoms with Gasteiger partial charge in [0.15, 0.2) is 0 Å². The standard InChI is InChI=1S/C20H31N3O3S.ClH/c21-16-20(10-3-1-4-11-20)15-19(24)22-17-8-7-9-18(14-17)27(25,26)23-12-5-2-6-13-23;/h7-9,14H,1-6,10-13,15-16,21H2,(H,22,24);1H. The highest BCUT2D eigenvalue weighted by Gasteiger charge is 2.33. The van der Waals surface area contributed by atoms with Gasteiger partial charge >= 0.3 is 0 Å². The van der Waals surface area contributed by atoms with Crippen molar-refractivity contribution in [1.29, 1.82) is 0 Å². The summed E-state index contributed by atoms with van der Waals surface area (Å²) in [6, 6.07) is 6.59. The Morgan fingerprint density at radius 2 is 1.71 bits per heavy atom. The zero-order valence-corrected chi connectivity index (χ0v) is 18.0. The summed E-state index contributed by atoms with van der Waals surface area (Å²) in [5.74, 6) is -0.0881. The van der Waals surface area contributed by atoms with E-state index in [1.54, 1.807) is 28.6 Å². The Kier molecular flexibility index (Phi) is 8.30. The predicted molar refractivity (Wildman–Crippen MR) is 114 cm³/mol. The van der Waals surface area contributed by atoms with Crippen LogP contribution in [-0.2, 0) is 14.8 Å². The lowest BCUT2D eigenvalue weighted by Gasteiger charge is -2.35. The van der Waals surface area contributed by atoms with Crippen molar-refractivity contribution in [3.63, 3.8) is 0 Å². The van der Waals surface area contributed by atoms with Gasteiger partial charge in [0, 0.05) is 25.2 Å². The molecule has 158 valence electrons. The average molecular weight is 430 g/mol. The highest BCUT2D eigenvalue weighted by atomic mass is 35.5. The van der Waals surface area contributed by atoms with Crippen molar-refractivity contribution < 1.29 is 13.2 Å². The van der Waals surface area contributed by atoms with Gasteiger partial charge in [-0.3, -0.25) is 4.79 Å². The summed E-state index contributed by atoms with van der Waals surface area (Å²) in [5, 5.41) is 2.89. The number of nitrogens with one attached hydrogen (secondary N) is 1. The second-order valence-electron chi connectivity index (χ2n) is 7.98. The number of carbonyl (C=O) groups excluding carboxylic acids is 1. The highest BCUT2D eigenvalue weighted by molar-refractivity contribution is 7.89. The number of piperidine rings is 1.